The zero-order valence-electron chi connectivity index (χ0n) is 20.5. The molecule has 3 rings (SSSR count). The molecule has 2 amide bonds. The van der Waals surface area contributed by atoms with Gasteiger partial charge < -0.3 is 19.7 Å². The molecule has 0 unspecified atom stereocenters. The zero-order valence-corrected chi connectivity index (χ0v) is 22.8. The molecule has 196 valence electrons. The Morgan fingerprint density at radius 2 is 1.78 bits per heavy atom. The van der Waals surface area contributed by atoms with E-state index in [9.17, 15) is 18.0 Å². The number of nitrogens with one attached hydrogen (secondary N) is 1. The van der Waals surface area contributed by atoms with Gasteiger partial charge in [0, 0.05) is 28.7 Å². The molecule has 12 heteroatoms. The van der Waals surface area contributed by atoms with Crippen molar-refractivity contribution in [2.24, 2.45) is 0 Å². The molecule has 2 aromatic carbocycles. The van der Waals surface area contributed by atoms with Crippen molar-refractivity contribution in [3.8, 4) is 11.5 Å². The Balaban J connectivity index is 1.97. The summed E-state index contributed by atoms with van der Waals surface area (Å²) in [7, 11) is -3.88. The molecular formula is C24H29Cl2N3O6S. The van der Waals surface area contributed by atoms with Gasteiger partial charge in [0.2, 0.25) is 28.6 Å². The van der Waals surface area contributed by atoms with E-state index in [-0.39, 0.29) is 31.0 Å². The van der Waals surface area contributed by atoms with Gasteiger partial charge in [0.05, 0.1) is 11.9 Å². The van der Waals surface area contributed by atoms with E-state index >= 15 is 0 Å². The normalized spacial score (nSPS) is 13.4. The minimum atomic E-state index is -3.88. The van der Waals surface area contributed by atoms with Crippen molar-refractivity contribution >= 4 is 50.7 Å². The fourth-order valence-corrected chi connectivity index (χ4v) is 5.10. The molecule has 1 N–H and O–H groups in total. The van der Waals surface area contributed by atoms with Crippen LogP contribution < -0.4 is 19.1 Å². The first-order chi connectivity index (χ1) is 16.9. The number of rotatable bonds is 10. The van der Waals surface area contributed by atoms with Gasteiger partial charge in [-0.2, -0.15) is 0 Å². The van der Waals surface area contributed by atoms with Crippen molar-refractivity contribution in [1.29, 1.82) is 0 Å². The molecule has 1 aliphatic heterocycles. The summed E-state index contributed by atoms with van der Waals surface area (Å²) >= 11 is 12.4. The number of ether oxygens (including phenoxy) is 2. The third-order valence-corrected chi connectivity index (χ3v) is 7.22. The molecule has 0 saturated heterocycles. The van der Waals surface area contributed by atoms with Gasteiger partial charge in [-0.3, -0.25) is 13.9 Å². The van der Waals surface area contributed by atoms with Crippen LogP contribution >= 0.6 is 23.2 Å². The molecule has 1 atom stereocenters. The Morgan fingerprint density at radius 1 is 1.08 bits per heavy atom. The Morgan fingerprint density at radius 3 is 2.39 bits per heavy atom. The maximum absolute atomic E-state index is 13.7. The van der Waals surface area contributed by atoms with Gasteiger partial charge in [0.15, 0.2) is 11.5 Å². The molecular weight excluding hydrogens is 529 g/mol. The molecule has 0 radical (unpaired) electrons. The average Bonchev–Trinajstić information content (AvgIpc) is 3.25. The lowest BCUT2D eigenvalue weighted by Crippen LogP contribution is -2.53. The van der Waals surface area contributed by atoms with E-state index in [1.165, 1.54) is 17.0 Å². The highest BCUT2D eigenvalue weighted by atomic mass is 35.5. The zero-order chi connectivity index (χ0) is 26.6. The summed E-state index contributed by atoms with van der Waals surface area (Å²) in [5, 5.41) is 3.59. The molecule has 0 saturated carbocycles. The summed E-state index contributed by atoms with van der Waals surface area (Å²) in [4.78, 5) is 28.1. The number of benzene rings is 2. The highest BCUT2D eigenvalue weighted by Gasteiger charge is 2.32. The van der Waals surface area contributed by atoms with E-state index in [0.717, 1.165) is 10.6 Å². The number of amides is 2. The van der Waals surface area contributed by atoms with Crippen LogP contribution in [0.1, 0.15) is 32.8 Å². The lowest BCUT2D eigenvalue weighted by molar-refractivity contribution is -0.140. The molecule has 0 aliphatic carbocycles. The van der Waals surface area contributed by atoms with Crippen LogP contribution in [0.4, 0.5) is 5.69 Å². The summed E-state index contributed by atoms with van der Waals surface area (Å²) in [6, 6.07) is 8.46. The van der Waals surface area contributed by atoms with Crippen molar-refractivity contribution in [3.63, 3.8) is 0 Å². The second-order valence-corrected chi connectivity index (χ2v) is 11.4. The van der Waals surface area contributed by atoms with E-state index in [2.05, 4.69) is 5.32 Å². The Kier molecular flexibility index (Phi) is 8.97. The first kappa shape index (κ1) is 27.9. The van der Waals surface area contributed by atoms with Gasteiger partial charge in [0.25, 0.3) is 0 Å². The maximum Gasteiger partial charge on any atom is 0.244 e. The van der Waals surface area contributed by atoms with E-state index in [0.29, 0.717) is 33.5 Å². The fourth-order valence-electron chi connectivity index (χ4n) is 3.79. The number of carbonyl (C=O) groups excluding carboxylic acids is 2. The van der Waals surface area contributed by atoms with Gasteiger partial charge in [-0.1, -0.05) is 36.2 Å². The van der Waals surface area contributed by atoms with Crippen LogP contribution in [0.5, 0.6) is 11.5 Å². The molecule has 36 heavy (non-hydrogen) atoms. The third-order valence-electron chi connectivity index (χ3n) is 5.50. The predicted molar refractivity (Wildman–Crippen MR) is 139 cm³/mol. The second kappa shape index (κ2) is 11.6. The smallest absolute Gasteiger partial charge is 0.244 e. The second-order valence-electron chi connectivity index (χ2n) is 8.65. The Bertz CT molecular complexity index is 1240. The van der Waals surface area contributed by atoms with Crippen LogP contribution in [-0.4, -0.2) is 56.8 Å². The van der Waals surface area contributed by atoms with E-state index in [1.54, 1.807) is 31.2 Å². The summed E-state index contributed by atoms with van der Waals surface area (Å²) in [6.07, 6.45) is 1.31. The molecule has 1 heterocycles. The topological polar surface area (TPSA) is 105 Å². The standard InChI is InChI=1S/C24H29Cl2N3O6S/c1-5-20(24(31)27-15(2)3)28(12-16-6-7-17(25)10-19(16)26)23(30)13-29(36(4,32)33)18-8-9-21-22(11-18)35-14-34-21/h6-11,15,20H,5,12-14H2,1-4H3,(H,27,31)/t20-/m1/s1. The van der Waals surface area contributed by atoms with Crippen molar-refractivity contribution in [2.45, 2.75) is 45.8 Å². The monoisotopic (exact) mass is 557 g/mol. The molecule has 9 nitrogen and oxygen atoms in total. The number of fused-ring (bicyclic) bond motifs is 1. The average molecular weight is 558 g/mol. The molecule has 0 aromatic heterocycles. The summed E-state index contributed by atoms with van der Waals surface area (Å²) in [5.74, 6) is -0.0649. The summed E-state index contributed by atoms with van der Waals surface area (Å²) < 4.78 is 37.1. The van der Waals surface area contributed by atoms with E-state index in [1.807, 2.05) is 13.8 Å². The molecule has 2 aromatic rings. The van der Waals surface area contributed by atoms with Crippen LogP contribution in [-0.2, 0) is 26.2 Å². The van der Waals surface area contributed by atoms with E-state index in [4.69, 9.17) is 32.7 Å². The van der Waals surface area contributed by atoms with Crippen LogP contribution in [0, 0.1) is 0 Å². The van der Waals surface area contributed by atoms with Gasteiger partial charge in [-0.25, -0.2) is 8.42 Å². The minimum absolute atomic E-state index is 0.0163. The molecule has 0 bridgehead atoms. The third kappa shape index (κ3) is 6.74. The number of nitrogens with zero attached hydrogens (tertiary/aromatic N) is 2. The highest BCUT2D eigenvalue weighted by Crippen LogP contribution is 2.36. The quantitative estimate of drug-likeness (QED) is 0.476. The number of anilines is 1. The molecule has 0 spiro atoms. The van der Waals surface area contributed by atoms with Crippen LogP contribution in [0.2, 0.25) is 10.0 Å². The molecule has 0 fully saturated rings. The van der Waals surface area contributed by atoms with Crippen molar-refractivity contribution in [3.05, 3.63) is 52.0 Å². The van der Waals surface area contributed by atoms with E-state index < -0.39 is 28.5 Å². The summed E-state index contributed by atoms with van der Waals surface area (Å²) in [5.41, 5.74) is 0.804. The van der Waals surface area contributed by atoms with Crippen LogP contribution in [0.25, 0.3) is 0 Å². The van der Waals surface area contributed by atoms with Crippen molar-refractivity contribution < 1.29 is 27.5 Å². The van der Waals surface area contributed by atoms with Gasteiger partial charge in [-0.15, -0.1) is 0 Å². The lowest BCUT2D eigenvalue weighted by Gasteiger charge is -2.33. The van der Waals surface area contributed by atoms with Gasteiger partial charge in [0.1, 0.15) is 12.6 Å². The minimum Gasteiger partial charge on any atom is -0.454 e. The predicted octanol–water partition coefficient (Wildman–Crippen LogP) is 3.82. The first-order valence-electron chi connectivity index (χ1n) is 11.3. The SMILES string of the molecule is CC[C@H](C(=O)NC(C)C)N(Cc1ccc(Cl)cc1Cl)C(=O)CN(c1ccc2c(c1)OCO2)S(C)(=O)=O. The number of carbonyl (C=O) groups is 2. The first-order valence-corrected chi connectivity index (χ1v) is 13.9. The van der Waals surface area contributed by atoms with Crippen LogP contribution in [0.3, 0.4) is 0 Å². The highest BCUT2D eigenvalue weighted by molar-refractivity contribution is 7.92. The Hall–Kier alpha value is -2.69. The maximum atomic E-state index is 13.7. The van der Waals surface area contributed by atoms with Gasteiger partial charge >= 0.3 is 0 Å². The largest absolute Gasteiger partial charge is 0.454 e. The van der Waals surface area contributed by atoms with Gasteiger partial charge in [-0.05, 0) is 50.1 Å². The number of hydrogen-bond donors (Lipinski definition) is 1. The fraction of sp³-hybridized carbons (Fsp3) is 0.417. The van der Waals surface area contributed by atoms with Crippen LogP contribution in [0.15, 0.2) is 36.4 Å². The number of halogens is 2. The lowest BCUT2D eigenvalue weighted by atomic mass is 10.1. The number of hydrogen-bond acceptors (Lipinski definition) is 6. The van der Waals surface area contributed by atoms with Crippen molar-refractivity contribution in [2.75, 3.05) is 23.9 Å². The number of sulfonamides is 1. The summed E-state index contributed by atoms with van der Waals surface area (Å²) in [6.45, 7) is 4.89. The van der Waals surface area contributed by atoms with Crippen molar-refractivity contribution in [1.82, 2.24) is 10.2 Å². The molecule has 1 aliphatic rings. The Labute approximate surface area is 221 Å².